The number of aromatic nitrogens is 2. The molecule has 0 aliphatic carbocycles. The van der Waals surface area contributed by atoms with Crippen molar-refractivity contribution >= 4 is 17.3 Å². The summed E-state index contributed by atoms with van der Waals surface area (Å²) in [6, 6.07) is 2.21. The molecule has 1 aromatic carbocycles. The summed E-state index contributed by atoms with van der Waals surface area (Å²) in [5.74, 6) is -4.12. The van der Waals surface area contributed by atoms with Gasteiger partial charge in [-0.1, -0.05) is 6.92 Å². The number of rotatable bonds is 4. The first-order valence-electron chi connectivity index (χ1n) is 5.94. The van der Waals surface area contributed by atoms with Crippen molar-refractivity contribution in [2.75, 3.05) is 5.32 Å². The van der Waals surface area contributed by atoms with Crippen LogP contribution in [0.2, 0.25) is 0 Å². The maximum absolute atomic E-state index is 13.8. The maximum Gasteiger partial charge on any atom is 0.338 e. The maximum atomic E-state index is 13.8. The molecule has 2 N–H and O–H groups in total. The zero-order chi connectivity index (χ0) is 14.9. The highest BCUT2D eigenvalue weighted by Gasteiger charge is 2.18. The normalized spacial score (nSPS) is 10.6. The number of carbonyl (C=O) groups is 1. The lowest BCUT2D eigenvalue weighted by Gasteiger charge is -2.08. The molecule has 0 saturated carbocycles. The SMILES string of the molecule is CCc1nn(C)cc1Nc1ccc(C(=O)O)c(F)c1F. The molecule has 0 unspecified atom stereocenters. The van der Waals surface area contributed by atoms with Gasteiger partial charge in [-0.3, -0.25) is 4.68 Å². The lowest BCUT2D eigenvalue weighted by atomic mass is 10.1. The Balaban J connectivity index is 2.39. The van der Waals surface area contributed by atoms with Gasteiger partial charge in [0.15, 0.2) is 11.6 Å². The second kappa shape index (κ2) is 5.28. The average Bonchev–Trinajstić information content (AvgIpc) is 2.75. The third kappa shape index (κ3) is 2.47. The van der Waals surface area contributed by atoms with E-state index in [9.17, 15) is 13.6 Å². The molecule has 0 aliphatic rings. The van der Waals surface area contributed by atoms with Crippen LogP contribution >= 0.6 is 0 Å². The molecule has 0 atom stereocenters. The first-order valence-corrected chi connectivity index (χ1v) is 5.94. The molecule has 1 aromatic heterocycles. The molecule has 5 nitrogen and oxygen atoms in total. The van der Waals surface area contributed by atoms with Crippen molar-refractivity contribution in [1.29, 1.82) is 0 Å². The molecule has 0 radical (unpaired) electrons. The van der Waals surface area contributed by atoms with E-state index in [-0.39, 0.29) is 5.69 Å². The van der Waals surface area contributed by atoms with E-state index in [0.717, 1.165) is 6.07 Å². The number of aromatic carboxylic acids is 1. The number of carboxylic acid groups (broad SMARTS) is 1. The van der Waals surface area contributed by atoms with Crippen molar-refractivity contribution in [1.82, 2.24) is 9.78 Å². The highest BCUT2D eigenvalue weighted by Crippen LogP contribution is 2.26. The van der Waals surface area contributed by atoms with E-state index in [2.05, 4.69) is 10.4 Å². The molecule has 2 aromatic rings. The summed E-state index contributed by atoms with van der Waals surface area (Å²) in [6.45, 7) is 1.89. The van der Waals surface area contributed by atoms with Gasteiger partial charge in [-0.15, -0.1) is 0 Å². The Morgan fingerprint density at radius 2 is 2.05 bits per heavy atom. The van der Waals surface area contributed by atoms with E-state index in [1.54, 1.807) is 17.9 Å². The summed E-state index contributed by atoms with van der Waals surface area (Å²) in [4.78, 5) is 10.7. The molecule has 2 rings (SSSR count). The van der Waals surface area contributed by atoms with Crippen LogP contribution in [0.15, 0.2) is 18.3 Å². The number of benzene rings is 1. The van der Waals surface area contributed by atoms with Gasteiger partial charge < -0.3 is 10.4 Å². The Kier molecular flexibility index (Phi) is 3.69. The van der Waals surface area contributed by atoms with E-state index in [1.165, 1.54) is 6.07 Å². The van der Waals surface area contributed by atoms with Crippen molar-refractivity contribution in [2.24, 2.45) is 7.05 Å². The standard InChI is InChI=1S/C13H13F2N3O2/c1-3-8-10(6-18(2)17-8)16-9-5-4-7(13(19)20)11(14)12(9)15/h4-6,16H,3H2,1-2H3,(H,19,20). The van der Waals surface area contributed by atoms with Crippen molar-refractivity contribution in [3.63, 3.8) is 0 Å². The summed E-state index contributed by atoms with van der Waals surface area (Å²) in [5, 5.41) is 15.6. The highest BCUT2D eigenvalue weighted by atomic mass is 19.2. The zero-order valence-electron chi connectivity index (χ0n) is 10.9. The van der Waals surface area contributed by atoms with Gasteiger partial charge in [0.05, 0.1) is 22.6 Å². The minimum Gasteiger partial charge on any atom is -0.478 e. The number of aryl methyl sites for hydroxylation is 2. The first kappa shape index (κ1) is 14.0. The minimum absolute atomic E-state index is 0.129. The average molecular weight is 281 g/mol. The second-order valence-corrected chi connectivity index (χ2v) is 4.24. The monoisotopic (exact) mass is 281 g/mol. The summed E-state index contributed by atoms with van der Waals surface area (Å²) < 4.78 is 29.0. The number of hydrogen-bond acceptors (Lipinski definition) is 3. The number of nitrogens with one attached hydrogen (secondary N) is 1. The molecule has 0 bridgehead atoms. The Hall–Kier alpha value is -2.44. The minimum atomic E-state index is -1.51. The van der Waals surface area contributed by atoms with E-state index >= 15 is 0 Å². The van der Waals surface area contributed by atoms with Gasteiger partial charge in [0.2, 0.25) is 0 Å². The van der Waals surface area contributed by atoms with Gasteiger partial charge in [-0.2, -0.15) is 5.10 Å². The van der Waals surface area contributed by atoms with Gasteiger partial charge in [0.1, 0.15) is 0 Å². The van der Waals surface area contributed by atoms with E-state index in [0.29, 0.717) is 17.8 Å². The first-order chi connectivity index (χ1) is 9.43. The van der Waals surface area contributed by atoms with Gasteiger partial charge in [0, 0.05) is 13.2 Å². The van der Waals surface area contributed by atoms with Crippen LogP contribution in [0, 0.1) is 11.6 Å². The number of carboxylic acids is 1. The fraction of sp³-hybridized carbons (Fsp3) is 0.231. The predicted octanol–water partition coefficient (Wildman–Crippen LogP) is 2.70. The fourth-order valence-electron chi connectivity index (χ4n) is 1.86. The lowest BCUT2D eigenvalue weighted by Crippen LogP contribution is -2.05. The van der Waals surface area contributed by atoms with Crippen LogP contribution in [0.5, 0.6) is 0 Å². The Bertz CT molecular complexity index is 668. The number of anilines is 2. The molecule has 106 valence electrons. The predicted molar refractivity (Wildman–Crippen MR) is 69.2 cm³/mol. The Morgan fingerprint density at radius 3 is 2.65 bits per heavy atom. The zero-order valence-corrected chi connectivity index (χ0v) is 10.9. The molecule has 0 amide bonds. The molecular weight excluding hydrogens is 268 g/mol. The molecule has 0 aliphatic heterocycles. The van der Waals surface area contributed by atoms with Crippen LogP contribution in [-0.4, -0.2) is 20.9 Å². The van der Waals surface area contributed by atoms with E-state index in [1.807, 2.05) is 6.92 Å². The van der Waals surface area contributed by atoms with Gasteiger partial charge in [0.25, 0.3) is 0 Å². The van der Waals surface area contributed by atoms with Crippen LogP contribution in [0.1, 0.15) is 23.0 Å². The van der Waals surface area contributed by atoms with Crippen LogP contribution in [0.3, 0.4) is 0 Å². The van der Waals surface area contributed by atoms with Crippen molar-refractivity contribution < 1.29 is 18.7 Å². The van der Waals surface area contributed by atoms with Crippen molar-refractivity contribution in [3.05, 3.63) is 41.2 Å². The van der Waals surface area contributed by atoms with E-state index < -0.39 is 23.2 Å². The summed E-state index contributed by atoms with van der Waals surface area (Å²) in [6.07, 6.45) is 2.27. The third-order valence-electron chi connectivity index (χ3n) is 2.82. The molecule has 1 heterocycles. The Morgan fingerprint density at radius 1 is 1.35 bits per heavy atom. The van der Waals surface area contributed by atoms with Crippen LogP contribution in [0.25, 0.3) is 0 Å². The number of halogens is 2. The lowest BCUT2D eigenvalue weighted by molar-refractivity contribution is 0.0690. The molecule has 0 spiro atoms. The number of nitrogens with zero attached hydrogens (tertiary/aromatic N) is 2. The molecule has 0 fully saturated rings. The quantitative estimate of drug-likeness (QED) is 0.904. The summed E-state index contributed by atoms with van der Waals surface area (Å²) in [7, 11) is 1.72. The summed E-state index contributed by atoms with van der Waals surface area (Å²) >= 11 is 0. The molecule has 20 heavy (non-hydrogen) atoms. The smallest absolute Gasteiger partial charge is 0.338 e. The van der Waals surface area contributed by atoms with Gasteiger partial charge in [-0.05, 0) is 18.6 Å². The number of hydrogen-bond donors (Lipinski definition) is 2. The van der Waals surface area contributed by atoms with Crippen molar-refractivity contribution in [3.8, 4) is 0 Å². The highest BCUT2D eigenvalue weighted by molar-refractivity contribution is 5.88. The van der Waals surface area contributed by atoms with Crippen LogP contribution < -0.4 is 5.32 Å². The van der Waals surface area contributed by atoms with Crippen LogP contribution in [0.4, 0.5) is 20.2 Å². The van der Waals surface area contributed by atoms with Crippen molar-refractivity contribution in [2.45, 2.75) is 13.3 Å². The van der Waals surface area contributed by atoms with Gasteiger partial charge >= 0.3 is 5.97 Å². The fourth-order valence-corrected chi connectivity index (χ4v) is 1.86. The second-order valence-electron chi connectivity index (χ2n) is 4.24. The topological polar surface area (TPSA) is 67.2 Å². The van der Waals surface area contributed by atoms with E-state index in [4.69, 9.17) is 5.11 Å². The largest absolute Gasteiger partial charge is 0.478 e. The molecular formula is C13H13F2N3O2. The van der Waals surface area contributed by atoms with Gasteiger partial charge in [-0.25, -0.2) is 13.6 Å². The third-order valence-corrected chi connectivity index (χ3v) is 2.82. The van der Waals surface area contributed by atoms with Crippen LogP contribution in [-0.2, 0) is 13.5 Å². The summed E-state index contributed by atoms with van der Waals surface area (Å²) in [5.41, 5.74) is 0.427. The molecule has 7 heteroatoms. The Labute approximate surface area is 113 Å². The molecule has 0 saturated heterocycles.